The fourth-order valence-electron chi connectivity index (χ4n) is 3.34. The van der Waals surface area contributed by atoms with Crippen molar-refractivity contribution < 1.29 is 24.5 Å². The summed E-state index contributed by atoms with van der Waals surface area (Å²) in [6, 6.07) is 22.0. The van der Waals surface area contributed by atoms with Crippen LogP contribution in [0.2, 0.25) is 0 Å². The molecule has 1 unspecified atom stereocenters. The van der Waals surface area contributed by atoms with Crippen molar-refractivity contribution in [2.75, 3.05) is 20.3 Å². The third-order valence-corrected chi connectivity index (χ3v) is 5.24. The number of hydrogen-bond acceptors (Lipinski definition) is 6. The number of methoxy groups -OCH3 is 1. The van der Waals surface area contributed by atoms with E-state index < -0.39 is 0 Å². The summed E-state index contributed by atoms with van der Waals surface area (Å²) >= 11 is 0. The van der Waals surface area contributed by atoms with E-state index in [9.17, 15) is 10.3 Å². The van der Waals surface area contributed by atoms with Crippen LogP contribution in [0.15, 0.2) is 72.8 Å². The fraction of sp³-hybridized carbons (Fsp3) is 0.308. The summed E-state index contributed by atoms with van der Waals surface area (Å²) < 4.78 is 16.9. The molecule has 0 spiro atoms. The van der Waals surface area contributed by atoms with Crippen molar-refractivity contribution in [1.82, 2.24) is 5.48 Å². The van der Waals surface area contributed by atoms with Crippen LogP contribution in [0.1, 0.15) is 36.1 Å². The SMILES string of the molecule is CO[C@@H](C)Cc1ccc(OCCCOc2ccc(C(NO)c3ccc(O)cc3)cc2)cc1. The van der Waals surface area contributed by atoms with E-state index in [0.29, 0.717) is 13.2 Å². The molecule has 0 fully saturated rings. The van der Waals surface area contributed by atoms with Crippen LogP contribution in [0.25, 0.3) is 0 Å². The molecule has 0 saturated heterocycles. The molecule has 0 aromatic heterocycles. The predicted octanol–water partition coefficient (Wildman–Crippen LogP) is 4.89. The van der Waals surface area contributed by atoms with E-state index >= 15 is 0 Å². The number of nitrogens with one attached hydrogen (secondary N) is 1. The van der Waals surface area contributed by atoms with Gasteiger partial charge in [0.25, 0.3) is 0 Å². The number of hydrogen-bond donors (Lipinski definition) is 3. The van der Waals surface area contributed by atoms with Crippen molar-refractivity contribution in [2.24, 2.45) is 0 Å². The molecule has 0 aliphatic carbocycles. The molecule has 3 aromatic carbocycles. The van der Waals surface area contributed by atoms with Crippen molar-refractivity contribution >= 4 is 0 Å². The molecule has 6 heteroatoms. The lowest BCUT2D eigenvalue weighted by Gasteiger charge is -2.16. The Morgan fingerprint density at radius 3 is 1.78 bits per heavy atom. The summed E-state index contributed by atoms with van der Waals surface area (Å²) in [7, 11) is 1.72. The van der Waals surface area contributed by atoms with Gasteiger partial charge < -0.3 is 24.5 Å². The van der Waals surface area contributed by atoms with Gasteiger partial charge in [-0.15, -0.1) is 0 Å². The second kappa shape index (κ2) is 12.1. The first-order valence-corrected chi connectivity index (χ1v) is 10.7. The van der Waals surface area contributed by atoms with Gasteiger partial charge >= 0.3 is 0 Å². The molecule has 3 rings (SSSR count). The maximum Gasteiger partial charge on any atom is 0.119 e. The Labute approximate surface area is 189 Å². The molecule has 0 saturated carbocycles. The first-order valence-electron chi connectivity index (χ1n) is 10.7. The number of rotatable bonds is 12. The van der Waals surface area contributed by atoms with Crippen LogP contribution in [0.3, 0.4) is 0 Å². The Kier molecular flexibility index (Phi) is 8.92. The number of hydroxylamine groups is 1. The van der Waals surface area contributed by atoms with Gasteiger partial charge in [-0.2, -0.15) is 5.48 Å². The molecular formula is C26H31NO5. The first-order chi connectivity index (χ1) is 15.6. The zero-order chi connectivity index (χ0) is 22.8. The maximum atomic E-state index is 9.57. The average molecular weight is 438 g/mol. The van der Waals surface area contributed by atoms with Crippen LogP contribution < -0.4 is 15.0 Å². The Balaban J connectivity index is 1.41. The summed E-state index contributed by atoms with van der Waals surface area (Å²) in [5, 5.41) is 19.0. The van der Waals surface area contributed by atoms with E-state index in [-0.39, 0.29) is 17.9 Å². The van der Waals surface area contributed by atoms with E-state index in [1.54, 1.807) is 31.4 Å². The van der Waals surface area contributed by atoms with Crippen molar-refractivity contribution in [3.8, 4) is 17.2 Å². The zero-order valence-electron chi connectivity index (χ0n) is 18.5. The summed E-state index contributed by atoms with van der Waals surface area (Å²) in [5.74, 6) is 1.79. The highest BCUT2D eigenvalue weighted by molar-refractivity contribution is 5.37. The summed E-state index contributed by atoms with van der Waals surface area (Å²) in [4.78, 5) is 0. The van der Waals surface area contributed by atoms with Gasteiger partial charge in [-0.05, 0) is 66.4 Å². The minimum Gasteiger partial charge on any atom is -0.508 e. The molecule has 0 aliphatic heterocycles. The normalized spacial score (nSPS) is 12.8. The summed E-state index contributed by atoms with van der Waals surface area (Å²) in [5.41, 5.74) is 5.27. The van der Waals surface area contributed by atoms with E-state index in [2.05, 4.69) is 24.5 Å². The highest BCUT2D eigenvalue weighted by Gasteiger charge is 2.13. The van der Waals surface area contributed by atoms with Crippen LogP contribution in [-0.4, -0.2) is 36.7 Å². The van der Waals surface area contributed by atoms with Gasteiger partial charge in [0.05, 0.1) is 25.4 Å². The van der Waals surface area contributed by atoms with Crippen LogP contribution in [0.4, 0.5) is 0 Å². The molecule has 6 nitrogen and oxygen atoms in total. The minimum absolute atomic E-state index is 0.187. The average Bonchev–Trinajstić information content (AvgIpc) is 2.82. The lowest BCUT2D eigenvalue weighted by Crippen LogP contribution is -2.18. The molecule has 0 aliphatic rings. The van der Waals surface area contributed by atoms with Crippen molar-refractivity contribution in [3.63, 3.8) is 0 Å². The van der Waals surface area contributed by atoms with Gasteiger partial charge in [-0.1, -0.05) is 36.4 Å². The smallest absolute Gasteiger partial charge is 0.119 e. The number of phenols is 1. The monoisotopic (exact) mass is 437 g/mol. The number of aromatic hydroxyl groups is 1. The molecule has 170 valence electrons. The van der Waals surface area contributed by atoms with Crippen LogP contribution in [0, 0.1) is 0 Å². The van der Waals surface area contributed by atoms with Crippen LogP contribution in [-0.2, 0) is 11.2 Å². The second-order valence-corrected chi connectivity index (χ2v) is 7.67. The molecule has 32 heavy (non-hydrogen) atoms. The van der Waals surface area contributed by atoms with Gasteiger partial charge in [0.1, 0.15) is 17.2 Å². The molecule has 0 amide bonds. The van der Waals surface area contributed by atoms with Gasteiger partial charge in [0.2, 0.25) is 0 Å². The third kappa shape index (κ3) is 6.99. The van der Waals surface area contributed by atoms with Crippen molar-refractivity contribution in [2.45, 2.75) is 31.9 Å². The number of phenolic OH excluding ortho intramolecular Hbond substituents is 1. The quantitative estimate of drug-likeness (QED) is 0.277. The van der Waals surface area contributed by atoms with E-state index in [1.807, 2.05) is 36.4 Å². The molecule has 0 bridgehead atoms. The fourth-order valence-corrected chi connectivity index (χ4v) is 3.34. The Bertz CT molecular complexity index is 926. The summed E-state index contributed by atoms with van der Waals surface area (Å²) in [6.45, 7) is 3.17. The van der Waals surface area contributed by atoms with Gasteiger partial charge in [-0.25, -0.2) is 0 Å². The summed E-state index contributed by atoms with van der Waals surface area (Å²) in [6.07, 6.45) is 1.85. The van der Waals surface area contributed by atoms with Crippen molar-refractivity contribution in [3.05, 3.63) is 89.5 Å². The van der Waals surface area contributed by atoms with E-state index in [1.165, 1.54) is 5.56 Å². The van der Waals surface area contributed by atoms with Gasteiger partial charge in [0.15, 0.2) is 0 Å². The standard InChI is InChI=1S/C26H31NO5/c1-19(30-2)18-20-4-12-24(13-5-20)31-16-3-17-32-25-14-8-22(9-15-25)26(27-29)21-6-10-23(28)11-7-21/h4-15,19,26-29H,3,16-18H2,1-2H3/t19-,26?/m0/s1. The van der Waals surface area contributed by atoms with Crippen LogP contribution in [0.5, 0.6) is 17.2 Å². The Morgan fingerprint density at radius 2 is 1.28 bits per heavy atom. The maximum absolute atomic E-state index is 9.57. The van der Waals surface area contributed by atoms with Crippen molar-refractivity contribution in [1.29, 1.82) is 0 Å². The lowest BCUT2D eigenvalue weighted by molar-refractivity contribution is 0.119. The first kappa shape index (κ1) is 23.6. The minimum atomic E-state index is -0.387. The molecular weight excluding hydrogens is 406 g/mol. The van der Waals surface area contributed by atoms with Crippen LogP contribution >= 0.6 is 0 Å². The Morgan fingerprint density at radius 1 is 0.781 bits per heavy atom. The molecule has 3 aromatic rings. The molecule has 2 atom stereocenters. The highest BCUT2D eigenvalue weighted by atomic mass is 16.5. The molecule has 0 heterocycles. The highest BCUT2D eigenvalue weighted by Crippen LogP contribution is 2.25. The number of benzene rings is 3. The Hall–Kier alpha value is -3.06. The van der Waals surface area contributed by atoms with E-state index in [4.69, 9.17) is 14.2 Å². The second-order valence-electron chi connectivity index (χ2n) is 7.67. The van der Waals surface area contributed by atoms with Gasteiger partial charge in [-0.3, -0.25) is 0 Å². The molecule has 3 N–H and O–H groups in total. The lowest BCUT2D eigenvalue weighted by atomic mass is 9.99. The predicted molar refractivity (Wildman–Crippen MR) is 124 cm³/mol. The van der Waals surface area contributed by atoms with Gasteiger partial charge in [0, 0.05) is 13.5 Å². The number of ether oxygens (including phenoxy) is 3. The largest absolute Gasteiger partial charge is 0.508 e. The zero-order valence-corrected chi connectivity index (χ0v) is 18.5. The third-order valence-electron chi connectivity index (χ3n) is 5.24. The topological polar surface area (TPSA) is 80.2 Å². The van der Waals surface area contributed by atoms with E-state index in [0.717, 1.165) is 35.5 Å². The molecule has 0 radical (unpaired) electrons.